The molecule has 0 bridgehead atoms. The predicted octanol–water partition coefficient (Wildman–Crippen LogP) is 4.36. The standard InChI is InChI=1S/C25H32O6/c1-8-13(3)22(26)29-18-12-16(6)17-11-10-15(5)19(17)21-20(18)25(7,24(28)30-21)31-23(27)14(4)9-2/h8-10,18-21H,11-12H2,1-7H3/b13-8-,14-9-/t18-,19+,20+,21+,25-/m0/s1. The first-order chi connectivity index (χ1) is 14.5. The number of ether oxygens (including phenoxy) is 3. The van der Waals surface area contributed by atoms with E-state index in [0.717, 1.165) is 17.6 Å². The van der Waals surface area contributed by atoms with E-state index in [9.17, 15) is 14.4 Å². The van der Waals surface area contributed by atoms with Gasteiger partial charge in [-0.2, -0.15) is 0 Å². The van der Waals surface area contributed by atoms with Gasteiger partial charge >= 0.3 is 17.9 Å². The predicted molar refractivity (Wildman–Crippen MR) is 116 cm³/mol. The third-order valence-corrected chi connectivity index (χ3v) is 7.01. The Morgan fingerprint density at radius 3 is 2.35 bits per heavy atom. The summed E-state index contributed by atoms with van der Waals surface area (Å²) in [4.78, 5) is 38.4. The van der Waals surface area contributed by atoms with Crippen LogP contribution in [-0.4, -0.2) is 35.7 Å². The number of carbonyl (C=O) groups is 3. The summed E-state index contributed by atoms with van der Waals surface area (Å²) in [5.74, 6) is -2.33. The van der Waals surface area contributed by atoms with E-state index in [4.69, 9.17) is 14.2 Å². The first kappa shape index (κ1) is 23.0. The molecule has 0 unspecified atom stereocenters. The van der Waals surface area contributed by atoms with Crippen molar-refractivity contribution in [2.75, 3.05) is 0 Å². The summed E-state index contributed by atoms with van der Waals surface area (Å²) in [5.41, 5.74) is 2.76. The zero-order valence-corrected chi connectivity index (χ0v) is 19.4. The number of fused-ring (bicyclic) bond motifs is 3. The Balaban J connectivity index is 2.08. The van der Waals surface area contributed by atoms with Crippen LogP contribution >= 0.6 is 0 Å². The van der Waals surface area contributed by atoms with E-state index in [2.05, 4.69) is 6.08 Å². The van der Waals surface area contributed by atoms with Crippen LogP contribution in [0.2, 0.25) is 0 Å². The highest BCUT2D eigenvalue weighted by molar-refractivity contribution is 5.92. The van der Waals surface area contributed by atoms with E-state index in [1.54, 1.807) is 46.8 Å². The molecule has 0 aromatic carbocycles. The summed E-state index contributed by atoms with van der Waals surface area (Å²) in [5, 5.41) is 0. The molecule has 168 valence electrons. The van der Waals surface area contributed by atoms with E-state index in [-0.39, 0.29) is 5.92 Å². The molecule has 0 saturated carbocycles. The average molecular weight is 429 g/mol. The van der Waals surface area contributed by atoms with Crippen molar-refractivity contribution in [3.63, 3.8) is 0 Å². The van der Waals surface area contributed by atoms with Crippen LogP contribution in [0, 0.1) is 11.8 Å². The van der Waals surface area contributed by atoms with Crippen molar-refractivity contribution in [1.29, 1.82) is 0 Å². The maximum Gasteiger partial charge on any atom is 0.351 e. The third kappa shape index (κ3) is 3.88. The van der Waals surface area contributed by atoms with Crippen molar-refractivity contribution in [3.8, 4) is 0 Å². The van der Waals surface area contributed by atoms with Crippen LogP contribution in [0.1, 0.15) is 61.3 Å². The molecule has 0 amide bonds. The highest BCUT2D eigenvalue weighted by atomic mass is 16.6. The van der Waals surface area contributed by atoms with Crippen molar-refractivity contribution < 1.29 is 28.6 Å². The zero-order valence-electron chi connectivity index (χ0n) is 19.4. The molecule has 6 nitrogen and oxygen atoms in total. The maximum absolute atomic E-state index is 13.1. The highest BCUT2D eigenvalue weighted by Gasteiger charge is 2.64. The number of esters is 3. The maximum atomic E-state index is 13.1. The number of rotatable bonds is 4. The van der Waals surface area contributed by atoms with Crippen LogP contribution in [0.5, 0.6) is 0 Å². The van der Waals surface area contributed by atoms with Crippen molar-refractivity contribution in [2.24, 2.45) is 11.8 Å². The third-order valence-electron chi connectivity index (χ3n) is 7.01. The smallest absolute Gasteiger partial charge is 0.351 e. The first-order valence-electron chi connectivity index (χ1n) is 10.8. The van der Waals surface area contributed by atoms with Gasteiger partial charge in [-0.3, -0.25) is 0 Å². The van der Waals surface area contributed by atoms with E-state index in [0.29, 0.717) is 17.6 Å². The SMILES string of the molecule is C/C=C(/C)C(=O)O[C@H]1CC(C)=C2CC=C(C)[C@H]2[C@H]2OC(=O)[C@@](C)(OC(=O)/C(C)=C\C)[C@@H]21. The molecular formula is C25H32O6. The quantitative estimate of drug-likeness (QED) is 0.286. The minimum Gasteiger partial charge on any atom is -0.458 e. The van der Waals surface area contributed by atoms with E-state index in [1.807, 2.05) is 13.8 Å². The number of carbonyl (C=O) groups excluding carboxylic acids is 3. The molecule has 3 aliphatic rings. The minimum atomic E-state index is -1.56. The number of allylic oxidation sites excluding steroid dienone is 3. The van der Waals surface area contributed by atoms with Gasteiger partial charge in [0.2, 0.25) is 5.60 Å². The fraction of sp³-hybridized carbons (Fsp3) is 0.560. The fourth-order valence-electron chi connectivity index (χ4n) is 4.83. The lowest BCUT2D eigenvalue weighted by atomic mass is 9.77. The first-order valence-corrected chi connectivity index (χ1v) is 10.8. The van der Waals surface area contributed by atoms with Crippen molar-refractivity contribution in [1.82, 2.24) is 0 Å². The molecule has 1 heterocycles. The van der Waals surface area contributed by atoms with Gasteiger partial charge in [-0.15, -0.1) is 0 Å². The summed E-state index contributed by atoms with van der Waals surface area (Å²) in [6.07, 6.45) is 5.50. The van der Waals surface area contributed by atoms with Gasteiger partial charge in [0.05, 0.1) is 5.92 Å². The molecule has 0 aromatic rings. The normalized spacial score (nSPS) is 33.3. The van der Waals surface area contributed by atoms with E-state index < -0.39 is 41.6 Å². The van der Waals surface area contributed by atoms with Crippen molar-refractivity contribution in [3.05, 3.63) is 46.1 Å². The molecule has 1 aliphatic heterocycles. The molecule has 1 fully saturated rings. The summed E-state index contributed by atoms with van der Waals surface area (Å²) < 4.78 is 17.6. The van der Waals surface area contributed by atoms with Crippen LogP contribution in [-0.2, 0) is 28.6 Å². The fourth-order valence-corrected chi connectivity index (χ4v) is 4.83. The monoisotopic (exact) mass is 428 g/mol. The van der Waals surface area contributed by atoms with Crippen molar-refractivity contribution >= 4 is 17.9 Å². The van der Waals surface area contributed by atoms with Crippen LogP contribution < -0.4 is 0 Å². The molecule has 3 rings (SSSR count). The second-order valence-corrected chi connectivity index (χ2v) is 8.92. The second-order valence-electron chi connectivity index (χ2n) is 8.92. The minimum absolute atomic E-state index is 0.0937. The Labute approximate surface area is 184 Å². The van der Waals surface area contributed by atoms with Gasteiger partial charge < -0.3 is 14.2 Å². The van der Waals surface area contributed by atoms with Gasteiger partial charge in [-0.05, 0) is 54.9 Å². The van der Waals surface area contributed by atoms with Gasteiger partial charge in [0.1, 0.15) is 12.2 Å². The Kier molecular flexibility index (Phi) is 6.30. The Morgan fingerprint density at radius 1 is 1.13 bits per heavy atom. The van der Waals surface area contributed by atoms with E-state index >= 15 is 0 Å². The Morgan fingerprint density at radius 2 is 1.74 bits per heavy atom. The molecule has 0 spiro atoms. The molecule has 5 atom stereocenters. The van der Waals surface area contributed by atoms with Crippen LogP contribution in [0.25, 0.3) is 0 Å². The lowest BCUT2D eigenvalue weighted by molar-refractivity contribution is -0.175. The number of hydrogen-bond acceptors (Lipinski definition) is 6. The molecule has 2 aliphatic carbocycles. The van der Waals surface area contributed by atoms with Gasteiger partial charge in [0.15, 0.2) is 0 Å². The lowest BCUT2D eigenvalue weighted by Gasteiger charge is -2.35. The van der Waals surface area contributed by atoms with Gasteiger partial charge in [-0.1, -0.05) is 34.9 Å². The molecule has 31 heavy (non-hydrogen) atoms. The van der Waals surface area contributed by atoms with Gasteiger partial charge in [-0.25, -0.2) is 14.4 Å². The average Bonchev–Trinajstić information content (AvgIpc) is 3.19. The van der Waals surface area contributed by atoms with E-state index in [1.165, 1.54) is 5.57 Å². The Hall–Kier alpha value is -2.63. The molecule has 0 radical (unpaired) electrons. The van der Waals surface area contributed by atoms with Gasteiger partial charge in [0, 0.05) is 23.5 Å². The molecule has 0 aromatic heterocycles. The molecule has 1 saturated heterocycles. The molecule has 0 N–H and O–H groups in total. The summed E-state index contributed by atoms with van der Waals surface area (Å²) in [6, 6.07) is 0. The largest absolute Gasteiger partial charge is 0.458 e. The van der Waals surface area contributed by atoms with Crippen LogP contribution in [0.3, 0.4) is 0 Å². The van der Waals surface area contributed by atoms with Gasteiger partial charge in [0.25, 0.3) is 0 Å². The summed E-state index contributed by atoms with van der Waals surface area (Å²) in [6.45, 7) is 12.5. The lowest BCUT2D eigenvalue weighted by Crippen LogP contribution is -2.50. The van der Waals surface area contributed by atoms with Crippen LogP contribution in [0.4, 0.5) is 0 Å². The topological polar surface area (TPSA) is 78.9 Å². The summed E-state index contributed by atoms with van der Waals surface area (Å²) >= 11 is 0. The molecule has 6 heteroatoms. The summed E-state index contributed by atoms with van der Waals surface area (Å²) in [7, 11) is 0. The van der Waals surface area contributed by atoms with Crippen molar-refractivity contribution in [2.45, 2.75) is 79.1 Å². The molecular weight excluding hydrogens is 396 g/mol. The van der Waals surface area contributed by atoms with Crippen LogP contribution in [0.15, 0.2) is 46.1 Å². The Bertz CT molecular complexity index is 934. The second kappa shape index (κ2) is 8.48. The highest BCUT2D eigenvalue weighted by Crippen LogP contribution is 2.52. The number of hydrogen-bond donors (Lipinski definition) is 0. The zero-order chi connectivity index (χ0) is 23.1.